The summed E-state index contributed by atoms with van der Waals surface area (Å²) in [4.78, 5) is 55.0. The topological polar surface area (TPSA) is 219 Å². The Labute approximate surface area is 237 Å². The van der Waals surface area contributed by atoms with Gasteiger partial charge in [-0.3, -0.25) is 14.4 Å². The molecule has 40 heavy (non-hydrogen) atoms. The van der Waals surface area contributed by atoms with Gasteiger partial charge in [-0.25, -0.2) is 24.1 Å². The summed E-state index contributed by atoms with van der Waals surface area (Å²) in [6.45, 7) is 3.96. The van der Waals surface area contributed by atoms with E-state index < -0.39 is 16.4 Å². The van der Waals surface area contributed by atoms with Gasteiger partial charge in [-0.1, -0.05) is 0 Å². The van der Waals surface area contributed by atoms with Crippen molar-refractivity contribution in [2.24, 2.45) is 0 Å². The molecule has 216 valence electrons. The van der Waals surface area contributed by atoms with E-state index >= 15 is 0 Å². The molecule has 0 bridgehead atoms. The van der Waals surface area contributed by atoms with Gasteiger partial charge in [0.1, 0.15) is 33.1 Å². The second-order valence-corrected chi connectivity index (χ2v) is 11.4. The molecule has 1 unspecified atom stereocenters. The zero-order chi connectivity index (χ0) is 29.8. The molecule has 2 heterocycles. The number of aliphatic hydroxyl groups excluding tert-OH is 2. The molecule has 0 aromatic carbocycles. The molecule has 0 spiro atoms. The Morgan fingerprint density at radius 2 is 1.43 bits per heavy atom. The molecule has 14 nitrogen and oxygen atoms in total. The van der Waals surface area contributed by atoms with Gasteiger partial charge in [0.25, 0.3) is 0 Å². The van der Waals surface area contributed by atoms with Crippen LogP contribution in [0, 0.1) is 13.8 Å². The number of rotatable bonds is 16. The maximum absolute atomic E-state index is 13.6. The van der Waals surface area contributed by atoms with Crippen molar-refractivity contribution in [3.05, 3.63) is 56.4 Å². The molecule has 0 aliphatic carbocycles. The van der Waals surface area contributed by atoms with Crippen LogP contribution in [0.1, 0.15) is 42.5 Å². The summed E-state index contributed by atoms with van der Waals surface area (Å²) in [5.74, 6) is 1.20. The molecule has 0 aliphatic heterocycles. The van der Waals surface area contributed by atoms with Gasteiger partial charge in [-0.05, 0) is 31.6 Å². The van der Waals surface area contributed by atoms with Crippen molar-refractivity contribution >= 4 is 51.4 Å². The van der Waals surface area contributed by atoms with Crippen LogP contribution in [0.2, 0.25) is 0 Å². The molecular weight excluding hydrogens is 560 g/mol. The van der Waals surface area contributed by atoms with Gasteiger partial charge in [0.05, 0.1) is 23.7 Å². The lowest BCUT2D eigenvalue weighted by atomic mass is 10.2. The Bertz CT molecular complexity index is 1320. The minimum atomic E-state index is -2.02. The van der Waals surface area contributed by atoms with Crippen molar-refractivity contribution in [2.45, 2.75) is 46.7 Å². The average Bonchev–Trinajstić information content (AvgIpc) is 2.92. The molecule has 16 heteroatoms. The van der Waals surface area contributed by atoms with Crippen molar-refractivity contribution in [3.8, 4) is 0 Å². The van der Waals surface area contributed by atoms with Crippen molar-refractivity contribution < 1.29 is 28.8 Å². The second-order valence-electron chi connectivity index (χ2n) is 8.32. The Balaban J connectivity index is 2.46. The first kappa shape index (κ1) is 32.5. The highest BCUT2D eigenvalue weighted by atomic mass is 33.1. The molecule has 6 N–H and O–H groups in total. The van der Waals surface area contributed by atoms with Crippen LogP contribution in [-0.4, -0.2) is 76.5 Å². The third-order valence-corrected chi connectivity index (χ3v) is 8.90. The van der Waals surface area contributed by atoms with Crippen LogP contribution in [0.15, 0.2) is 33.6 Å². The molecule has 0 saturated carbocycles. The van der Waals surface area contributed by atoms with E-state index in [4.69, 9.17) is 11.5 Å². The van der Waals surface area contributed by atoms with Gasteiger partial charge in [0.2, 0.25) is 12.8 Å². The minimum absolute atomic E-state index is 0.0153. The minimum Gasteiger partial charge on any atom is -0.396 e. The summed E-state index contributed by atoms with van der Waals surface area (Å²) in [7, 11) is -1.24. The number of carbonyl (C=O) groups is 3. The summed E-state index contributed by atoms with van der Waals surface area (Å²) in [5, 5.41) is 19.3. The predicted octanol–water partition coefficient (Wildman–Crippen LogP) is 0.469. The van der Waals surface area contributed by atoms with E-state index in [1.807, 2.05) is 0 Å². The summed E-state index contributed by atoms with van der Waals surface area (Å²) in [6, 6.07) is 0. The fourth-order valence-electron chi connectivity index (χ4n) is 3.43. The highest BCUT2D eigenvalue weighted by molar-refractivity contribution is 8.72. The molecule has 2 aromatic heterocycles. The maximum Gasteiger partial charge on any atom is 0.214 e. The summed E-state index contributed by atoms with van der Waals surface area (Å²) < 4.78 is 13.6. The number of nitrogens with two attached hydrogens (primary N) is 2. The van der Waals surface area contributed by atoms with Crippen LogP contribution >= 0.6 is 10.8 Å². The maximum atomic E-state index is 13.6. The van der Waals surface area contributed by atoms with Crippen molar-refractivity contribution in [1.82, 2.24) is 29.7 Å². The van der Waals surface area contributed by atoms with Gasteiger partial charge >= 0.3 is 0 Å². The number of aliphatic hydroxyl groups is 2. The summed E-state index contributed by atoms with van der Waals surface area (Å²) in [6.07, 6.45) is 4.04. The highest BCUT2D eigenvalue weighted by Crippen LogP contribution is 2.34. The first-order valence-corrected chi connectivity index (χ1v) is 14.4. The molecule has 2 rings (SSSR count). The Hall–Kier alpha value is -3.73. The SMILES string of the molecule is C/C(=C(/CCO)SS(=O)/C(CCO)=C(\C=O)N(C=O)Cc1cnc(C)nc1N)N(C=O)Cc1cnc(C)nc1N. The standard InChI is InChI=1S/C24H32N8O6S2/c1-15(31(13-36)10-18-8-27-16(2)29-23(18)25)21(4-6-33)39-40(38)22(5-7-34)20(12-35)32(14-37)11-19-9-28-17(3)30-24(19)26/h8-9,12-14,33-34H,4-7,10-11H2,1-3H3,(H2,25,27,29)(H2,26,28,30)/b21-15+,22-20+. The summed E-state index contributed by atoms with van der Waals surface area (Å²) >= 11 is 0. The normalized spacial score (nSPS) is 13.1. The lowest BCUT2D eigenvalue weighted by Gasteiger charge is -2.23. The molecule has 2 aromatic rings. The average molecular weight is 593 g/mol. The van der Waals surface area contributed by atoms with E-state index in [9.17, 15) is 28.8 Å². The number of aromatic nitrogens is 4. The number of nitrogen functional groups attached to an aromatic ring is 2. The molecular formula is C24H32N8O6S2. The number of aldehydes is 1. The van der Waals surface area contributed by atoms with E-state index in [1.165, 1.54) is 17.3 Å². The van der Waals surface area contributed by atoms with Crippen LogP contribution in [0.25, 0.3) is 0 Å². The number of nitrogens with zero attached hydrogens (tertiary/aromatic N) is 6. The van der Waals surface area contributed by atoms with Crippen LogP contribution in [-0.2, 0) is 37.3 Å². The molecule has 1 atom stereocenters. The predicted molar refractivity (Wildman–Crippen MR) is 151 cm³/mol. The molecule has 0 radical (unpaired) electrons. The zero-order valence-corrected chi connectivity index (χ0v) is 23.9. The molecule has 0 fully saturated rings. The first-order chi connectivity index (χ1) is 19.1. The zero-order valence-electron chi connectivity index (χ0n) is 22.3. The lowest BCUT2D eigenvalue weighted by Crippen LogP contribution is -2.25. The van der Waals surface area contributed by atoms with Crippen LogP contribution in [0.4, 0.5) is 11.6 Å². The van der Waals surface area contributed by atoms with Crippen molar-refractivity contribution in [2.75, 3.05) is 24.7 Å². The second kappa shape index (κ2) is 15.8. The fraction of sp³-hybridized carbons (Fsp3) is 0.375. The van der Waals surface area contributed by atoms with E-state index in [0.29, 0.717) is 52.5 Å². The van der Waals surface area contributed by atoms with Gasteiger partial charge in [0, 0.05) is 60.2 Å². The van der Waals surface area contributed by atoms with Gasteiger partial charge in [-0.2, -0.15) is 0 Å². The van der Waals surface area contributed by atoms with Crippen LogP contribution in [0.5, 0.6) is 0 Å². The smallest absolute Gasteiger partial charge is 0.214 e. The lowest BCUT2D eigenvalue weighted by molar-refractivity contribution is -0.119. The Morgan fingerprint density at radius 3 is 1.85 bits per heavy atom. The van der Waals surface area contributed by atoms with Gasteiger partial charge < -0.3 is 31.5 Å². The number of hydrogen-bond acceptors (Lipinski definition) is 13. The quantitative estimate of drug-likeness (QED) is 0.118. The molecule has 0 aliphatic rings. The monoisotopic (exact) mass is 592 g/mol. The van der Waals surface area contributed by atoms with Gasteiger partial charge in [-0.15, -0.1) is 0 Å². The van der Waals surface area contributed by atoms with Crippen LogP contribution in [0.3, 0.4) is 0 Å². The van der Waals surface area contributed by atoms with Gasteiger partial charge in [0.15, 0.2) is 6.29 Å². The Morgan fingerprint density at radius 1 is 0.925 bits per heavy atom. The highest BCUT2D eigenvalue weighted by Gasteiger charge is 2.23. The van der Waals surface area contributed by atoms with Crippen LogP contribution < -0.4 is 11.5 Å². The van der Waals surface area contributed by atoms with E-state index in [2.05, 4.69) is 19.9 Å². The Kier molecular flexibility index (Phi) is 12.8. The molecule has 0 saturated heterocycles. The fourth-order valence-corrected chi connectivity index (χ4v) is 6.69. The van der Waals surface area contributed by atoms with Crippen molar-refractivity contribution in [3.63, 3.8) is 0 Å². The number of hydrogen-bond donors (Lipinski definition) is 4. The summed E-state index contributed by atoms with van der Waals surface area (Å²) in [5.41, 5.74) is 12.9. The third kappa shape index (κ3) is 8.64. The van der Waals surface area contributed by atoms with Crippen molar-refractivity contribution in [1.29, 1.82) is 0 Å². The first-order valence-electron chi connectivity index (χ1n) is 11.9. The number of amides is 2. The number of allylic oxidation sites excluding steroid dienone is 2. The third-order valence-electron chi connectivity index (χ3n) is 5.57. The number of anilines is 2. The van der Waals surface area contributed by atoms with E-state index in [0.717, 1.165) is 15.7 Å². The number of carbonyl (C=O) groups excluding carboxylic acids is 3. The van der Waals surface area contributed by atoms with E-state index in [-0.39, 0.29) is 54.8 Å². The van der Waals surface area contributed by atoms with E-state index in [1.54, 1.807) is 20.8 Å². The largest absolute Gasteiger partial charge is 0.396 e. The molecule has 2 amide bonds. The number of aryl methyl sites for hydroxylation is 2.